The second-order valence-electron chi connectivity index (χ2n) is 7.39. The molecule has 1 saturated heterocycles. The van der Waals surface area contributed by atoms with Crippen molar-refractivity contribution < 1.29 is 18.1 Å². The molecular formula is C20H23N3O5S. The van der Waals surface area contributed by atoms with Crippen molar-refractivity contribution in [2.24, 2.45) is 5.92 Å². The van der Waals surface area contributed by atoms with Crippen molar-refractivity contribution in [3.05, 3.63) is 69.8 Å². The average Bonchev–Trinajstić information content (AvgIpc) is 3.14. The third-order valence-corrected chi connectivity index (χ3v) is 6.87. The molecule has 0 bridgehead atoms. The van der Waals surface area contributed by atoms with Crippen LogP contribution in [0.15, 0.2) is 53.4 Å². The molecule has 2 aromatic carbocycles. The fourth-order valence-electron chi connectivity index (χ4n) is 3.54. The van der Waals surface area contributed by atoms with E-state index < -0.39 is 21.1 Å². The highest BCUT2D eigenvalue weighted by molar-refractivity contribution is 7.89. The predicted molar refractivity (Wildman–Crippen MR) is 108 cm³/mol. The Hall–Kier alpha value is -2.78. The van der Waals surface area contributed by atoms with Gasteiger partial charge in [0.25, 0.3) is 11.6 Å². The van der Waals surface area contributed by atoms with Crippen LogP contribution < -0.4 is 0 Å². The number of hydrogen-bond acceptors (Lipinski definition) is 5. The monoisotopic (exact) mass is 417 g/mol. The molecule has 1 atom stereocenters. The quantitative estimate of drug-likeness (QED) is 0.550. The zero-order valence-corrected chi connectivity index (χ0v) is 17.3. The van der Waals surface area contributed by atoms with E-state index in [1.165, 1.54) is 33.5 Å². The van der Waals surface area contributed by atoms with Crippen LogP contribution in [0.5, 0.6) is 0 Å². The molecular weight excluding hydrogens is 394 g/mol. The van der Waals surface area contributed by atoms with Gasteiger partial charge in [-0.2, -0.15) is 4.31 Å². The van der Waals surface area contributed by atoms with Gasteiger partial charge in [0.1, 0.15) is 6.17 Å². The summed E-state index contributed by atoms with van der Waals surface area (Å²) in [7, 11) is -3.77. The fourth-order valence-corrected chi connectivity index (χ4v) is 5.25. The molecule has 3 rings (SSSR count). The molecule has 0 saturated carbocycles. The molecule has 1 amide bonds. The largest absolute Gasteiger partial charge is 0.320 e. The lowest BCUT2D eigenvalue weighted by Crippen LogP contribution is -2.47. The van der Waals surface area contributed by atoms with Crippen LogP contribution in [0.4, 0.5) is 5.69 Å². The second kappa shape index (κ2) is 7.92. The Morgan fingerprint density at radius 3 is 2.17 bits per heavy atom. The Balaban J connectivity index is 1.91. The number of amides is 1. The van der Waals surface area contributed by atoms with Gasteiger partial charge in [-0.15, -0.1) is 0 Å². The first-order valence-electron chi connectivity index (χ1n) is 9.27. The molecule has 0 unspecified atom stereocenters. The van der Waals surface area contributed by atoms with Crippen molar-refractivity contribution in [1.29, 1.82) is 0 Å². The molecule has 2 aromatic rings. The molecule has 0 spiro atoms. The third-order valence-electron chi connectivity index (χ3n) is 4.99. The van der Waals surface area contributed by atoms with Crippen molar-refractivity contribution in [3.63, 3.8) is 0 Å². The van der Waals surface area contributed by atoms with Gasteiger partial charge in [-0.05, 0) is 37.1 Å². The van der Waals surface area contributed by atoms with Crippen LogP contribution in [0.1, 0.15) is 29.8 Å². The summed E-state index contributed by atoms with van der Waals surface area (Å²) in [6, 6.07) is 12.0. The molecule has 1 heterocycles. The van der Waals surface area contributed by atoms with Gasteiger partial charge in [-0.25, -0.2) is 8.42 Å². The van der Waals surface area contributed by atoms with E-state index in [1.807, 2.05) is 20.8 Å². The Kier molecular flexibility index (Phi) is 5.72. The van der Waals surface area contributed by atoms with Crippen molar-refractivity contribution in [3.8, 4) is 0 Å². The van der Waals surface area contributed by atoms with E-state index in [-0.39, 0.29) is 41.1 Å². The number of hydrogen-bond donors (Lipinski definition) is 0. The smallest absolute Gasteiger partial charge is 0.269 e. The molecule has 154 valence electrons. The highest BCUT2D eigenvalue weighted by atomic mass is 32.2. The maximum absolute atomic E-state index is 13.2. The van der Waals surface area contributed by atoms with Crippen LogP contribution in [-0.2, 0) is 10.0 Å². The van der Waals surface area contributed by atoms with Crippen molar-refractivity contribution in [2.75, 3.05) is 13.1 Å². The first-order valence-corrected chi connectivity index (χ1v) is 10.7. The normalized spacial score (nSPS) is 17.7. The number of non-ortho nitro benzene ring substituents is 1. The minimum Gasteiger partial charge on any atom is -0.320 e. The van der Waals surface area contributed by atoms with E-state index in [1.54, 1.807) is 24.3 Å². The van der Waals surface area contributed by atoms with Crippen LogP contribution in [0, 0.1) is 23.0 Å². The van der Waals surface area contributed by atoms with E-state index in [0.29, 0.717) is 0 Å². The lowest BCUT2D eigenvalue weighted by atomic mass is 10.1. The van der Waals surface area contributed by atoms with E-state index in [9.17, 15) is 23.3 Å². The highest BCUT2D eigenvalue weighted by Gasteiger charge is 2.44. The Labute approximate surface area is 169 Å². The summed E-state index contributed by atoms with van der Waals surface area (Å²) < 4.78 is 27.8. The highest BCUT2D eigenvalue weighted by Crippen LogP contribution is 2.30. The predicted octanol–water partition coefficient (Wildman–Crippen LogP) is 3.03. The molecule has 8 nitrogen and oxygen atoms in total. The molecule has 0 N–H and O–H groups in total. The molecule has 29 heavy (non-hydrogen) atoms. The number of nitrogens with zero attached hydrogens (tertiary/aromatic N) is 3. The lowest BCUT2D eigenvalue weighted by molar-refractivity contribution is -0.384. The minimum atomic E-state index is -3.77. The first kappa shape index (κ1) is 20.9. The zero-order valence-electron chi connectivity index (χ0n) is 16.5. The number of rotatable bonds is 5. The van der Waals surface area contributed by atoms with Crippen LogP contribution in [0.3, 0.4) is 0 Å². The van der Waals surface area contributed by atoms with E-state index >= 15 is 0 Å². The fraction of sp³-hybridized carbons (Fsp3) is 0.350. The van der Waals surface area contributed by atoms with Crippen molar-refractivity contribution in [2.45, 2.75) is 31.8 Å². The van der Waals surface area contributed by atoms with E-state index in [0.717, 1.165) is 5.56 Å². The van der Waals surface area contributed by atoms with Crippen LogP contribution in [-0.4, -0.2) is 47.7 Å². The third kappa shape index (κ3) is 4.01. The average molecular weight is 417 g/mol. The molecule has 0 aliphatic carbocycles. The van der Waals surface area contributed by atoms with E-state index in [2.05, 4.69) is 0 Å². The van der Waals surface area contributed by atoms with Gasteiger partial charge in [0, 0.05) is 30.8 Å². The van der Waals surface area contributed by atoms with Crippen molar-refractivity contribution in [1.82, 2.24) is 9.21 Å². The summed E-state index contributed by atoms with van der Waals surface area (Å²) in [4.78, 5) is 25.0. The topological polar surface area (TPSA) is 101 Å². The lowest BCUT2D eigenvalue weighted by Gasteiger charge is -2.32. The summed E-state index contributed by atoms with van der Waals surface area (Å²) >= 11 is 0. The molecule has 0 aromatic heterocycles. The van der Waals surface area contributed by atoms with Gasteiger partial charge in [0.2, 0.25) is 10.0 Å². The molecule has 0 radical (unpaired) electrons. The van der Waals surface area contributed by atoms with Gasteiger partial charge in [0.15, 0.2) is 0 Å². The minimum absolute atomic E-state index is 0.105. The summed E-state index contributed by atoms with van der Waals surface area (Å²) in [5, 5.41) is 10.8. The summed E-state index contributed by atoms with van der Waals surface area (Å²) in [5.41, 5.74) is 1.14. The Morgan fingerprint density at radius 2 is 1.66 bits per heavy atom. The van der Waals surface area contributed by atoms with Crippen LogP contribution in [0.2, 0.25) is 0 Å². The summed E-state index contributed by atoms with van der Waals surface area (Å²) in [6.45, 7) is 6.06. The number of nitro groups is 1. The summed E-state index contributed by atoms with van der Waals surface area (Å²) in [5.74, 6) is -0.486. The van der Waals surface area contributed by atoms with Crippen LogP contribution >= 0.6 is 0 Å². The number of aryl methyl sites for hydroxylation is 1. The standard InChI is InChI=1S/C20H23N3O5S/c1-14(2)19-21(20(24)16-6-8-17(9-7-16)23(25)26)12-13-22(19)29(27,28)18-10-4-15(3)5-11-18/h4-11,14,19H,12-13H2,1-3H3/t19-/m1/s1. The van der Waals surface area contributed by atoms with Gasteiger partial charge in [-0.1, -0.05) is 31.5 Å². The molecule has 1 fully saturated rings. The Bertz CT molecular complexity index is 1020. The summed E-state index contributed by atoms with van der Waals surface area (Å²) in [6.07, 6.45) is -0.635. The SMILES string of the molecule is Cc1ccc(S(=O)(=O)N2CCN(C(=O)c3ccc([N+](=O)[O-])cc3)[C@H]2C(C)C)cc1. The van der Waals surface area contributed by atoms with Gasteiger partial charge >= 0.3 is 0 Å². The second-order valence-corrected chi connectivity index (χ2v) is 9.28. The van der Waals surface area contributed by atoms with Gasteiger partial charge in [-0.3, -0.25) is 14.9 Å². The number of carbonyl (C=O) groups is 1. The first-order chi connectivity index (χ1) is 13.6. The Morgan fingerprint density at radius 1 is 1.07 bits per heavy atom. The molecule has 9 heteroatoms. The molecule has 1 aliphatic rings. The number of carbonyl (C=O) groups excluding carboxylic acids is 1. The zero-order chi connectivity index (χ0) is 21.3. The number of sulfonamides is 1. The molecule has 1 aliphatic heterocycles. The van der Waals surface area contributed by atoms with Gasteiger partial charge in [0.05, 0.1) is 9.82 Å². The number of benzene rings is 2. The maximum atomic E-state index is 13.2. The van der Waals surface area contributed by atoms with Crippen LogP contribution in [0.25, 0.3) is 0 Å². The maximum Gasteiger partial charge on any atom is 0.269 e. The van der Waals surface area contributed by atoms with Crippen molar-refractivity contribution >= 4 is 21.6 Å². The van der Waals surface area contributed by atoms with Gasteiger partial charge < -0.3 is 4.90 Å². The number of nitro benzene ring substituents is 1. The van der Waals surface area contributed by atoms with E-state index in [4.69, 9.17) is 0 Å².